The van der Waals surface area contributed by atoms with E-state index in [1.54, 1.807) is 12.5 Å². The van der Waals surface area contributed by atoms with Crippen LogP contribution in [0.1, 0.15) is 29.8 Å². The molecule has 2 heterocycles. The van der Waals surface area contributed by atoms with E-state index in [0.717, 1.165) is 12.2 Å². The largest absolute Gasteiger partial charge is 0.472 e. The minimum atomic E-state index is 0.292. The van der Waals surface area contributed by atoms with Gasteiger partial charge < -0.3 is 9.73 Å². The highest BCUT2D eigenvalue weighted by Gasteiger charge is 2.05. The van der Waals surface area contributed by atoms with Crippen molar-refractivity contribution in [2.75, 3.05) is 0 Å². The third kappa shape index (κ3) is 2.70. The molecule has 0 amide bonds. The van der Waals surface area contributed by atoms with E-state index in [1.165, 1.54) is 11.1 Å². The van der Waals surface area contributed by atoms with Crippen LogP contribution in [0.4, 0.5) is 0 Å². The van der Waals surface area contributed by atoms with Crippen molar-refractivity contribution in [3.05, 3.63) is 53.7 Å². The maximum Gasteiger partial charge on any atom is 0.0950 e. The summed E-state index contributed by atoms with van der Waals surface area (Å²) in [6.45, 7) is 4.93. The topological polar surface area (TPSA) is 38.1 Å². The Hall–Kier alpha value is -1.61. The minimum Gasteiger partial charge on any atom is -0.472 e. The second-order valence-corrected chi connectivity index (χ2v) is 3.97. The van der Waals surface area contributed by atoms with Crippen LogP contribution in [0.5, 0.6) is 0 Å². The highest BCUT2D eigenvalue weighted by molar-refractivity contribution is 5.14. The summed E-state index contributed by atoms with van der Waals surface area (Å²) in [6, 6.07) is 6.39. The van der Waals surface area contributed by atoms with Gasteiger partial charge in [-0.15, -0.1) is 0 Å². The lowest BCUT2D eigenvalue weighted by Gasteiger charge is -2.11. The Kier molecular flexibility index (Phi) is 3.37. The molecule has 3 nitrogen and oxygen atoms in total. The van der Waals surface area contributed by atoms with Crippen LogP contribution in [0.25, 0.3) is 0 Å². The second-order valence-electron chi connectivity index (χ2n) is 3.97. The number of pyridine rings is 1. The van der Waals surface area contributed by atoms with Gasteiger partial charge in [0.2, 0.25) is 0 Å². The summed E-state index contributed by atoms with van der Waals surface area (Å²) in [7, 11) is 0. The van der Waals surface area contributed by atoms with Crippen molar-refractivity contribution in [3.8, 4) is 0 Å². The first-order valence-electron chi connectivity index (χ1n) is 5.43. The zero-order valence-electron chi connectivity index (χ0n) is 9.60. The predicted molar refractivity (Wildman–Crippen MR) is 62.9 cm³/mol. The summed E-state index contributed by atoms with van der Waals surface area (Å²) in [5.41, 5.74) is 3.41. The number of nitrogens with zero attached hydrogens (tertiary/aromatic N) is 1. The Morgan fingerprint density at radius 1 is 1.38 bits per heavy atom. The molecule has 0 aliphatic carbocycles. The number of hydrogen-bond donors (Lipinski definition) is 1. The molecule has 16 heavy (non-hydrogen) atoms. The fraction of sp³-hybridized carbons (Fsp3) is 0.308. The third-order valence-corrected chi connectivity index (χ3v) is 2.63. The Morgan fingerprint density at radius 3 is 2.88 bits per heavy atom. The zero-order chi connectivity index (χ0) is 11.4. The number of nitrogens with one attached hydrogen (secondary N) is 1. The predicted octanol–water partition coefficient (Wildman–Crippen LogP) is 2.83. The second kappa shape index (κ2) is 4.94. The molecule has 0 aliphatic rings. The lowest BCUT2D eigenvalue weighted by Crippen LogP contribution is -2.17. The van der Waals surface area contributed by atoms with Crippen molar-refractivity contribution in [3.63, 3.8) is 0 Å². The summed E-state index contributed by atoms with van der Waals surface area (Å²) in [5, 5.41) is 3.42. The van der Waals surface area contributed by atoms with Gasteiger partial charge in [-0.3, -0.25) is 4.98 Å². The van der Waals surface area contributed by atoms with Crippen LogP contribution < -0.4 is 5.32 Å². The molecule has 84 valence electrons. The number of aryl methyl sites for hydroxylation is 1. The molecule has 1 atom stereocenters. The molecule has 0 saturated carbocycles. The highest BCUT2D eigenvalue weighted by atomic mass is 16.3. The van der Waals surface area contributed by atoms with Gasteiger partial charge in [-0.1, -0.05) is 6.07 Å². The number of furan rings is 1. The van der Waals surface area contributed by atoms with Crippen LogP contribution in [0.15, 0.2) is 41.3 Å². The van der Waals surface area contributed by atoms with E-state index in [1.807, 2.05) is 25.3 Å². The summed E-state index contributed by atoms with van der Waals surface area (Å²) in [5.74, 6) is 0. The van der Waals surface area contributed by atoms with Crippen LogP contribution >= 0.6 is 0 Å². The average molecular weight is 216 g/mol. The third-order valence-electron chi connectivity index (χ3n) is 2.63. The summed E-state index contributed by atoms with van der Waals surface area (Å²) < 4.78 is 5.05. The van der Waals surface area contributed by atoms with Gasteiger partial charge in [0.25, 0.3) is 0 Å². The van der Waals surface area contributed by atoms with Gasteiger partial charge in [-0.2, -0.15) is 0 Å². The van der Waals surface area contributed by atoms with Crippen LogP contribution in [0.2, 0.25) is 0 Å². The molecule has 3 heteroatoms. The van der Waals surface area contributed by atoms with Crippen molar-refractivity contribution >= 4 is 0 Å². The van der Waals surface area contributed by atoms with Crippen molar-refractivity contribution in [2.24, 2.45) is 0 Å². The molecule has 0 aliphatic heterocycles. The molecule has 0 aromatic carbocycles. The first-order valence-corrected chi connectivity index (χ1v) is 5.43. The van der Waals surface area contributed by atoms with Crippen molar-refractivity contribution < 1.29 is 4.42 Å². The maximum absolute atomic E-state index is 5.05. The summed E-state index contributed by atoms with van der Waals surface area (Å²) in [4.78, 5) is 4.26. The first-order chi connectivity index (χ1) is 7.75. The van der Waals surface area contributed by atoms with Gasteiger partial charge in [0.1, 0.15) is 0 Å². The number of hydrogen-bond acceptors (Lipinski definition) is 3. The molecular formula is C13H16N2O. The molecule has 2 aromatic heterocycles. The molecule has 0 saturated heterocycles. The Labute approximate surface area is 95.5 Å². The molecule has 0 spiro atoms. The molecule has 0 fully saturated rings. The Morgan fingerprint density at radius 2 is 2.25 bits per heavy atom. The van der Waals surface area contributed by atoms with Crippen LogP contribution in [0.3, 0.4) is 0 Å². The summed E-state index contributed by atoms with van der Waals surface area (Å²) >= 11 is 0. The molecular weight excluding hydrogens is 200 g/mol. The lowest BCUT2D eigenvalue weighted by atomic mass is 10.1. The van der Waals surface area contributed by atoms with Crippen LogP contribution in [0, 0.1) is 6.92 Å². The fourth-order valence-electron chi connectivity index (χ4n) is 1.51. The van der Waals surface area contributed by atoms with Crippen molar-refractivity contribution in [2.45, 2.75) is 26.4 Å². The van der Waals surface area contributed by atoms with Crippen molar-refractivity contribution in [1.29, 1.82) is 0 Å². The van der Waals surface area contributed by atoms with E-state index in [0.29, 0.717) is 6.04 Å². The zero-order valence-corrected chi connectivity index (χ0v) is 9.60. The molecule has 2 rings (SSSR count). The van der Waals surface area contributed by atoms with E-state index < -0.39 is 0 Å². The van der Waals surface area contributed by atoms with Crippen LogP contribution in [-0.2, 0) is 6.54 Å². The van der Waals surface area contributed by atoms with Gasteiger partial charge in [-0.25, -0.2) is 0 Å². The van der Waals surface area contributed by atoms with E-state index in [9.17, 15) is 0 Å². The van der Waals surface area contributed by atoms with Crippen LogP contribution in [-0.4, -0.2) is 4.98 Å². The van der Waals surface area contributed by atoms with Gasteiger partial charge in [0.15, 0.2) is 0 Å². The van der Waals surface area contributed by atoms with E-state index in [2.05, 4.69) is 23.3 Å². The van der Waals surface area contributed by atoms with Gasteiger partial charge >= 0.3 is 0 Å². The molecule has 1 N–H and O–H groups in total. The molecule has 0 radical (unpaired) electrons. The fourth-order valence-corrected chi connectivity index (χ4v) is 1.51. The van der Waals surface area contributed by atoms with Crippen molar-refractivity contribution in [1.82, 2.24) is 10.3 Å². The van der Waals surface area contributed by atoms with Gasteiger partial charge in [0, 0.05) is 30.0 Å². The van der Waals surface area contributed by atoms with E-state index >= 15 is 0 Å². The SMILES string of the molecule is Cc1ccc(CNC(C)c2ccoc2)cn1. The molecule has 0 bridgehead atoms. The quantitative estimate of drug-likeness (QED) is 0.854. The number of aromatic nitrogens is 1. The Bertz CT molecular complexity index is 420. The lowest BCUT2D eigenvalue weighted by molar-refractivity contribution is 0.538. The number of rotatable bonds is 4. The first kappa shape index (κ1) is 10.9. The standard InChI is InChI=1S/C13H16N2O/c1-10-3-4-12(7-14-10)8-15-11(2)13-5-6-16-9-13/h3-7,9,11,15H,8H2,1-2H3. The summed E-state index contributed by atoms with van der Waals surface area (Å²) in [6.07, 6.45) is 5.37. The average Bonchev–Trinajstić information content (AvgIpc) is 2.81. The maximum atomic E-state index is 5.05. The van der Waals surface area contributed by atoms with E-state index in [-0.39, 0.29) is 0 Å². The molecule has 1 unspecified atom stereocenters. The minimum absolute atomic E-state index is 0.292. The molecule has 2 aromatic rings. The highest BCUT2D eigenvalue weighted by Crippen LogP contribution is 2.12. The van der Waals surface area contributed by atoms with Gasteiger partial charge in [-0.05, 0) is 31.5 Å². The van der Waals surface area contributed by atoms with Gasteiger partial charge in [0.05, 0.1) is 12.5 Å². The van der Waals surface area contributed by atoms with E-state index in [4.69, 9.17) is 4.42 Å². The monoisotopic (exact) mass is 216 g/mol. The Balaban J connectivity index is 1.90. The normalized spacial score (nSPS) is 12.6. The smallest absolute Gasteiger partial charge is 0.0950 e.